The molecule has 0 N–H and O–H groups in total. The fourth-order valence-corrected chi connectivity index (χ4v) is 6.86. The van der Waals surface area contributed by atoms with Crippen molar-refractivity contribution in [2.75, 3.05) is 0 Å². The first-order valence-electron chi connectivity index (χ1n) is 13.1. The SMILES string of the molecule is Cc1c(-c2coc3cc(CC(C)C)ccc23)sc2c(-c3cc(C(C)(C)C)c4ccccc4c3)nccc12. The number of aryl methyl sites for hydroxylation is 1. The smallest absolute Gasteiger partial charge is 0.134 e. The van der Waals surface area contributed by atoms with Crippen LogP contribution < -0.4 is 0 Å². The van der Waals surface area contributed by atoms with Crippen molar-refractivity contribution in [1.29, 1.82) is 0 Å². The van der Waals surface area contributed by atoms with Crippen LogP contribution in [0.25, 0.3) is 53.5 Å². The van der Waals surface area contributed by atoms with Gasteiger partial charge in [0.1, 0.15) is 11.8 Å². The van der Waals surface area contributed by atoms with E-state index in [1.165, 1.54) is 58.9 Å². The number of benzene rings is 3. The Morgan fingerprint density at radius 1 is 0.919 bits per heavy atom. The van der Waals surface area contributed by atoms with Gasteiger partial charge in [0, 0.05) is 27.6 Å². The molecule has 6 aromatic rings. The number of rotatable bonds is 4. The van der Waals surface area contributed by atoms with E-state index in [0.717, 1.165) is 17.7 Å². The zero-order valence-corrected chi connectivity index (χ0v) is 23.3. The summed E-state index contributed by atoms with van der Waals surface area (Å²) in [4.78, 5) is 6.19. The number of aromatic nitrogens is 1. The number of hydrogen-bond acceptors (Lipinski definition) is 3. The summed E-state index contributed by atoms with van der Waals surface area (Å²) < 4.78 is 7.32. The van der Waals surface area contributed by atoms with Crippen molar-refractivity contribution in [2.45, 2.75) is 53.4 Å². The Labute approximate surface area is 223 Å². The van der Waals surface area contributed by atoms with Crippen LogP contribution in [-0.2, 0) is 11.8 Å². The van der Waals surface area contributed by atoms with Gasteiger partial charge in [0.05, 0.1) is 10.4 Å². The maximum absolute atomic E-state index is 6.08. The lowest BCUT2D eigenvalue weighted by atomic mass is 9.82. The average Bonchev–Trinajstić information content (AvgIpc) is 3.42. The normalized spacial score (nSPS) is 12.4. The summed E-state index contributed by atoms with van der Waals surface area (Å²) in [7, 11) is 0. The third kappa shape index (κ3) is 4.16. The van der Waals surface area contributed by atoms with Crippen molar-refractivity contribution in [3.8, 4) is 21.7 Å². The second-order valence-corrected chi connectivity index (χ2v) is 12.7. The molecule has 6 rings (SSSR count). The van der Waals surface area contributed by atoms with Crippen molar-refractivity contribution in [3.05, 3.63) is 89.8 Å². The molecule has 3 heterocycles. The monoisotopic (exact) mass is 503 g/mol. The van der Waals surface area contributed by atoms with Gasteiger partial charge in [-0.05, 0) is 81.8 Å². The summed E-state index contributed by atoms with van der Waals surface area (Å²) in [6.07, 6.45) is 4.95. The number of nitrogens with zero attached hydrogens (tertiary/aromatic N) is 1. The zero-order chi connectivity index (χ0) is 25.9. The van der Waals surface area contributed by atoms with Crippen LogP contribution >= 0.6 is 11.3 Å². The Kier molecular flexibility index (Phi) is 5.72. The molecule has 0 fully saturated rings. The molecule has 0 amide bonds. The van der Waals surface area contributed by atoms with E-state index in [1.807, 2.05) is 23.8 Å². The highest BCUT2D eigenvalue weighted by molar-refractivity contribution is 7.23. The molecule has 0 aliphatic heterocycles. The Morgan fingerprint density at radius 2 is 1.73 bits per heavy atom. The number of pyridine rings is 1. The minimum absolute atomic E-state index is 0.0319. The molecule has 0 aliphatic carbocycles. The van der Waals surface area contributed by atoms with E-state index in [1.54, 1.807) is 0 Å². The lowest BCUT2D eigenvalue weighted by Gasteiger charge is -2.22. The average molecular weight is 504 g/mol. The highest BCUT2D eigenvalue weighted by atomic mass is 32.1. The minimum Gasteiger partial charge on any atom is -0.464 e. The molecule has 0 atom stereocenters. The molecule has 0 saturated heterocycles. The molecule has 0 unspecified atom stereocenters. The zero-order valence-electron chi connectivity index (χ0n) is 22.5. The van der Waals surface area contributed by atoms with Crippen molar-refractivity contribution in [1.82, 2.24) is 4.98 Å². The molecule has 2 nitrogen and oxygen atoms in total. The number of fused-ring (bicyclic) bond motifs is 3. The summed E-state index contributed by atoms with van der Waals surface area (Å²) in [5, 5.41) is 5.02. The van der Waals surface area contributed by atoms with Gasteiger partial charge >= 0.3 is 0 Å². The van der Waals surface area contributed by atoms with Crippen molar-refractivity contribution >= 4 is 43.2 Å². The van der Waals surface area contributed by atoms with Gasteiger partial charge in [-0.1, -0.05) is 71.0 Å². The Morgan fingerprint density at radius 3 is 2.51 bits per heavy atom. The fourth-order valence-electron chi connectivity index (χ4n) is 5.53. The summed E-state index contributed by atoms with van der Waals surface area (Å²) >= 11 is 1.83. The topological polar surface area (TPSA) is 26.0 Å². The van der Waals surface area contributed by atoms with E-state index in [9.17, 15) is 0 Å². The van der Waals surface area contributed by atoms with E-state index < -0.39 is 0 Å². The van der Waals surface area contributed by atoms with Crippen LogP contribution in [0.2, 0.25) is 0 Å². The largest absolute Gasteiger partial charge is 0.464 e. The molecule has 0 radical (unpaired) electrons. The number of furan rings is 1. The number of thiophene rings is 1. The van der Waals surface area contributed by atoms with Crippen LogP contribution in [-0.4, -0.2) is 4.98 Å². The third-order valence-electron chi connectivity index (χ3n) is 7.33. The molecule has 3 aromatic heterocycles. The van der Waals surface area contributed by atoms with Gasteiger partial charge in [0.25, 0.3) is 0 Å². The molecule has 0 bridgehead atoms. The van der Waals surface area contributed by atoms with Crippen molar-refractivity contribution < 1.29 is 4.42 Å². The predicted octanol–water partition coefficient (Wildman–Crippen LogP) is 10.3. The molecule has 37 heavy (non-hydrogen) atoms. The lowest BCUT2D eigenvalue weighted by Crippen LogP contribution is -2.12. The molecular formula is C34H33NOS. The van der Waals surface area contributed by atoms with Gasteiger partial charge < -0.3 is 4.42 Å². The van der Waals surface area contributed by atoms with Crippen LogP contribution in [0.15, 0.2) is 77.5 Å². The van der Waals surface area contributed by atoms with E-state index in [0.29, 0.717) is 5.92 Å². The van der Waals surface area contributed by atoms with Gasteiger partial charge in [0.15, 0.2) is 0 Å². The second-order valence-electron chi connectivity index (χ2n) is 11.7. The molecular weight excluding hydrogens is 470 g/mol. The lowest BCUT2D eigenvalue weighted by molar-refractivity contribution is 0.596. The first-order chi connectivity index (χ1) is 17.7. The summed E-state index contributed by atoms with van der Waals surface area (Å²) in [6, 6.07) is 22.2. The van der Waals surface area contributed by atoms with E-state index >= 15 is 0 Å². The maximum atomic E-state index is 6.08. The molecule has 186 valence electrons. The molecule has 3 aromatic carbocycles. The maximum Gasteiger partial charge on any atom is 0.134 e. The minimum atomic E-state index is 0.0319. The molecule has 0 spiro atoms. The van der Waals surface area contributed by atoms with Crippen LogP contribution in [0, 0.1) is 12.8 Å². The van der Waals surface area contributed by atoms with Gasteiger partial charge in [-0.15, -0.1) is 11.3 Å². The highest BCUT2D eigenvalue weighted by Gasteiger charge is 2.22. The molecule has 3 heteroatoms. The van der Waals surface area contributed by atoms with Crippen LogP contribution in [0.3, 0.4) is 0 Å². The molecule has 0 aliphatic rings. The summed E-state index contributed by atoms with van der Waals surface area (Å²) in [5.74, 6) is 0.622. The van der Waals surface area contributed by atoms with Gasteiger partial charge in [-0.25, -0.2) is 0 Å². The van der Waals surface area contributed by atoms with Crippen LogP contribution in [0.5, 0.6) is 0 Å². The first kappa shape index (κ1) is 23.9. The van der Waals surface area contributed by atoms with Crippen molar-refractivity contribution in [2.24, 2.45) is 5.92 Å². The summed E-state index contributed by atoms with van der Waals surface area (Å²) in [6.45, 7) is 13.6. The Hall–Kier alpha value is -3.43. The first-order valence-corrected chi connectivity index (χ1v) is 13.9. The van der Waals surface area contributed by atoms with E-state index in [-0.39, 0.29) is 5.41 Å². The van der Waals surface area contributed by atoms with E-state index in [4.69, 9.17) is 9.40 Å². The van der Waals surface area contributed by atoms with E-state index in [2.05, 4.69) is 102 Å². The van der Waals surface area contributed by atoms with Gasteiger partial charge in [-0.2, -0.15) is 0 Å². The highest BCUT2D eigenvalue weighted by Crippen LogP contribution is 2.45. The van der Waals surface area contributed by atoms with Gasteiger partial charge in [-0.3, -0.25) is 4.98 Å². The predicted molar refractivity (Wildman–Crippen MR) is 160 cm³/mol. The van der Waals surface area contributed by atoms with Gasteiger partial charge in [0.2, 0.25) is 0 Å². The quantitative estimate of drug-likeness (QED) is 0.239. The van der Waals surface area contributed by atoms with Crippen LogP contribution in [0.1, 0.15) is 51.3 Å². The molecule has 0 saturated carbocycles. The standard InChI is InChI=1S/C34H33NOS/c1-20(2)15-22-11-12-27-28(19-36-30(27)16-22)32-21(3)25-13-14-35-31(33(25)37-32)24-17-23-9-7-8-10-26(23)29(18-24)34(4,5)6/h7-14,16-20H,15H2,1-6H3. The fraction of sp³-hybridized carbons (Fsp3) is 0.265. The third-order valence-corrected chi connectivity index (χ3v) is 8.67. The summed E-state index contributed by atoms with van der Waals surface area (Å²) in [5.41, 5.74) is 8.37. The van der Waals surface area contributed by atoms with Crippen molar-refractivity contribution in [3.63, 3.8) is 0 Å². The second kappa shape index (κ2) is 8.85. The number of hydrogen-bond donors (Lipinski definition) is 0. The Bertz CT molecular complexity index is 1780. The Balaban J connectivity index is 1.53. The van der Waals surface area contributed by atoms with Crippen LogP contribution in [0.4, 0.5) is 0 Å².